The zero-order chi connectivity index (χ0) is 15.0. The highest BCUT2D eigenvalue weighted by atomic mass is 16.5. The van der Waals surface area contributed by atoms with Crippen molar-refractivity contribution in [2.75, 3.05) is 32.1 Å². The van der Waals surface area contributed by atoms with Gasteiger partial charge < -0.3 is 20.7 Å². The van der Waals surface area contributed by atoms with Crippen LogP contribution in [0.25, 0.3) is 0 Å². The summed E-state index contributed by atoms with van der Waals surface area (Å²) in [5, 5.41) is 3.28. The Morgan fingerprint density at radius 2 is 2.00 bits per heavy atom. The molecule has 5 nitrogen and oxygen atoms in total. The molecule has 0 saturated heterocycles. The summed E-state index contributed by atoms with van der Waals surface area (Å²) in [6.07, 6.45) is 0.385. The predicted molar refractivity (Wildman–Crippen MR) is 82.0 cm³/mol. The third-order valence-electron chi connectivity index (χ3n) is 3.29. The summed E-state index contributed by atoms with van der Waals surface area (Å²) in [6.45, 7) is 5.80. The average molecular weight is 279 g/mol. The first-order chi connectivity index (χ1) is 9.65. The van der Waals surface area contributed by atoms with Crippen LogP contribution in [0.5, 0.6) is 5.75 Å². The molecule has 0 aliphatic heterocycles. The number of nitrogens with zero attached hydrogens (tertiary/aromatic N) is 1. The number of anilines is 1. The number of amides is 1. The molecule has 5 heteroatoms. The van der Waals surface area contributed by atoms with E-state index < -0.39 is 0 Å². The van der Waals surface area contributed by atoms with E-state index in [1.807, 2.05) is 43.0 Å². The lowest BCUT2D eigenvalue weighted by molar-refractivity contribution is -0.131. The number of carbonyl (C=O) groups is 1. The molecule has 1 rings (SSSR count). The van der Waals surface area contributed by atoms with Gasteiger partial charge in [-0.25, -0.2) is 0 Å². The Labute approximate surface area is 121 Å². The molecule has 1 aromatic rings. The van der Waals surface area contributed by atoms with Crippen LogP contribution in [-0.2, 0) is 4.79 Å². The van der Waals surface area contributed by atoms with Crippen molar-refractivity contribution in [2.45, 2.75) is 26.3 Å². The lowest BCUT2D eigenvalue weighted by Crippen LogP contribution is -2.38. The second-order valence-corrected chi connectivity index (χ2v) is 4.55. The van der Waals surface area contributed by atoms with Gasteiger partial charge in [0.15, 0.2) is 0 Å². The summed E-state index contributed by atoms with van der Waals surface area (Å²) in [5.41, 5.74) is 6.63. The molecule has 0 fully saturated rings. The van der Waals surface area contributed by atoms with Crippen molar-refractivity contribution in [2.24, 2.45) is 5.73 Å². The van der Waals surface area contributed by atoms with Crippen LogP contribution in [0.15, 0.2) is 24.3 Å². The molecular weight excluding hydrogens is 254 g/mol. The summed E-state index contributed by atoms with van der Waals surface area (Å²) >= 11 is 0. The van der Waals surface area contributed by atoms with Gasteiger partial charge in [0.2, 0.25) is 5.91 Å². The SMILES string of the molecule is CCN(CC)C(=O)CC(CN)Nc1ccccc1OC. The lowest BCUT2D eigenvalue weighted by Gasteiger charge is -2.24. The highest BCUT2D eigenvalue weighted by Gasteiger charge is 2.17. The van der Waals surface area contributed by atoms with Crippen molar-refractivity contribution >= 4 is 11.6 Å². The Morgan fingerprint density at radius 3 is 2.55 bits per heavy atom. The monoisotopic (exact) mass is 279 g/mol. The molecule has 0 aromatic heterocycles. The van der Waals surface area contributed by atoms with Gasteiger partial charge in [0.25, 0.3) is 0 Å². The molecule has 0 aliphatic carbocycles. The van der Waals surface area contributed by atoms with Crippen molar-refractivity contribution < 1.29 is 9.53 Å². The molecule has 1 amide bonds. The maximum Gasteiger partial charge on any atom is 0.224 e. The maximum atomic E-state index is 12.1. The molecule has 112 valence electrons. The predicted octanol–water partition coefficient (Wildman–Crippen LogP) is 1.69. The standard InChI is InChI=1S/C15H25N3O2/c1-4-18(5-2)15(19)10-12(11-16)17-13-8-6-7-9-14(13)20-3/h6-9,12,17H,4-5,10-11,16H2,1-3H3. The van der Waals surface area contributed by atoms with Gasteiger partial charge in [-0.15, -0.1) is 0 Å². The topological polar surface area (TPSA) is 67.6 Å². The van der Waals surface area contributed by atoms with Gasteiger partial charge in [-0.2, -0.15) is 0 Å². The van der Waals surface area contributed by atoms with Gasteiger partial charge >= 0.3 is 0 Å². The van der Waals surface area contributed by atoms with Gasteiger partial charge in [0.05, 0.1) is 12.8 Å². The summed E-state index contributed by atoms with van der Waals surface area (Å²) in [7, 11) is 1.62. The number of hydrogen-bond acceptors (Lipinski definition) is 4. The number of nitrogens with one attached hydrogen (secondary N) is 1. The smallest absolute Gasteiger partial charge is 0.224 e. The van der Waals surface area contributed by atoms with E-state index in [0.29, 0.717) is 13.0 Å². The molecule has 0 heterocycles. The Hall–Kier alpha value is -1.75. The van der Waals surface area contributed by atoms with Crippen LogP contribution in [0, 0.1) is 0 Å². The van der Waals surface area contributed by atoms with Gasteiger partial charge in [-0.1, -0.05) is 12.1 Å². The maximum absolute atomic E-state index is 12.1. The molecule has 1 aromatic carbocycles. The zero-order valence-electron chi connectivity index (χ0n) is 12.6. The van der Waals surface area contributed by atoms with Crippen molar-refractivity contribution in [3.8, 4) is 5.75 Å². The summed E-state index contributed by atoms with van der Waals surface area (Å²) in [5.74, 6) is 0.870. The number of methoxy groups -OCH3 is 1. The highest BCUT2D eigenvalue weighted by molar-refractivity contribution is 5.77. The van der Waals surface area contributed by atoms with E-state index in [-0.39, 0.29) is 11.9 Å². The van der Waals surface area contributed by atoms with Gasteiger partial charge in [0.1, 0.15) is 5.75 Å². The third kappa shape index (κ3) is 4.42. The highest BCUT2D eigenvalue weighted by Crippen LogP contribution is 2.24. The Balaban J connectivity index is 2.70. The van der Waals surface area contributed by atoms with Gasteiger partial charge in [-0.3, -0.25) is 4.79 Å². The van der Waals surface area contributed by atoms with E-state index in [4.69, 9.17) is 10.5 Å². The fourth-order valence-corrected chi connectivity index (χ4v) is 2.09. The molecule has 0 saturated carbocycles. The van der Waals surface area contributed by atoms with E-state index >= 15 is 0 Å². The van der Waals surface area contributed by atoms with E-state index in [0.717, 1.165) is 24.5 Å². The first-order valence-electron chi connectivity index (χ1n) is 7.03. The van der Waals surface area contributed by atoms with Crippen molar-refractivity contribution in [3.63, 3.8) is 0 Å². The minimum absolute atomic E-state index is 0.0978. The summed E-state index contributed by atoms with van der Waals surface area (Å²) in [4.78, 5) is 13.9. The van der Waals surface area contributed by atoms with Crippen LogP contribution in [0.2, 0.25) is 0 Å². The first-order valence-corrected chi connectivity index (χ1v) is 7.03. The average Bonchev–Trinajstić information content (AvgIpc) is 2.48. The number of hydrogen-bond donors (Lipinski definition) is 2. The third-order valence-corrected chi connectivity index (χ3v) is 3.29. The number of benzene rings is 1. The second kappa shape index (κ2) is 8.43. The first kappa shape index (κ1) is 16.3. The zero-order valence-corrected chi connectivity index (χ0v) is 12.6. The largest absolute Gasteiger partial charge is 0.495 e. The molecule has 0 bridgehead atoms. The number of carbonyl (C=O) groups excluding carboxylic acids is 1. The number of ether oxygens (including phenoxy) is 1. The number of para-hydroxylation sites is 2. The minimum atomic E-state index is -0.0978. The molecule has 3 N–H and O–H groups in total. The Bertz CT molecular complexity index is 419. The molecular formula is C15H25N3O2. The van der Waals surface area contributed by atoms with Crippen LogP contribution < -0.4 is 15.8 Å². The Morgan fingerprint density at radius 1 is 1.35 bits per heavy atom. The Kier molecular flexibility index (Phi) is 6.87. The van der Waals surface area contributed by atoms with Crippen LogP contribution in [0.3, 0.4) is 0 Å². The number of rotatable bonds is 8. The second-order valence-electron chi connectivity index (χ2n) is 4.55. The van der Waals surface area contributed by atoms with E-state index in [9.17, 15) is 4.79 Å². The van der Waals surface area contributed by atoms with Gasteiger partial charge in [-0.05, 0) is 26.0 Å². The van der Waals surface area contributed by atoms with Crippen molar-refractivity contribution in [3.05, 3.63) is 24.3 Å². The number of nitrogens with two attached hydrogens (primary N) is 1. The fourth-order valence-electron chi connectivity index (χ4n) is 2.09. The molecule has 1 atom stereocenters. The molecule has 0 aliphatic rings. The lowest BCUT2D eigenvalue weighted by atomic mass is 10.1. The molecule has 0 radical (unpaired) electrons. The van der Waals surface area contributed by atoms with Crippen LogP contribution >= 0.6 is 0 Å². The minimum Gasteiger partial charge on any atom is -0.495 e. The van der Waals surface area contributed by atoms with E-state index in [1.165, 1.54) is 0 Å². The summed E-state index contributed by atoms with van der Waals surface area (Å²) in [6, 6.07) is 7.53. The van der Waals surface area contributed by atoms with E-state index in [2.05, 4.69) is 5.32 Å². The molecule has 1 unspecified atom stereocenters. The van der Waals surface area contributed by atoms with E-state index in [1.54, 1.807) is 7.11 Å². The van der Waals surface area contributed by atoms with Crippen LogP contribution in [0.1, 0.15) is 20.3 Å². The normalized spacial score (nSPS) is 11.8. The van der Waals surface area contributed by atoms with Crippen LogP contribution in [0.4, 0.5) is 5.69 Å². The molecule has 20 heavy (non-hydrogen) atoms. The van der Waals surface area contributed by atoms with Crippen LogP contribution in [-0.4, -0.2) is 43.6 Å². The van der Waals surface area contributed by atoms with Gasteiger partial charge in [0, 0.05) is 32.1 Å². The quantitative estimate of drug-likeness (QED) is 0.760. The van der Waals surface area contributed by atoms with Crippen molar-refractivity contribution in [1.82, 2.24) is 4.90 Å². The summed E-state index contributed by atoms with van der Waals surface area (Å²) < 4.78 is 5.29. The molecule has 0 spiro atoms. The van der Waals surface area contributed by atoms with Crippen molar-refractivity contribution in [1.29, 1.82) is 0 Å². The fraction of sp³-hybridized carbons (Fsp3) is 0.533.